The highest BCUT2D eigenvalue weighted by Crippen LogP contribution is 2.43. The van der Waals surface area contributed by atoms with Crippen LogP contribution in [0.15, 0.2) is 85.1 Å². The fourth-order valence-corrected chi connectivity index (χ4v) is 9.29. The Bertz CT molecular complexity index is 1560. The number of ether oxygens (including phenoxy) is 1. The maximum Gasteiger partial charge on any atom is 0.472 e. The molecule has 3 atom stereocenters. The van der Waals surface area contributed by atoms with E-state index < -0.39 is 20.0 Å². The Hall–Kier alpha value is -2.81. The molecule has 75 heavy (non-hydrogen) atoms. The first-order chi connectivity index (χ1) is 36.4. The zero-order valence-corrected chi connectivity index (χ0v) is 50.4. The van der Waals surface area contributed by atoms with Crippen LogP contribution in [0.3, 0.4) is 0 Å². The van der Waals surface area contributed by atoms with Crippen molar-refractivity contribution in [2.24, 2.45) is 0 Å². The molecule has 1 amide bonds. The molecule has 0 aromatic rings. The average molecular weight is 1070 g/mol. The van der Waals surface area contributed by atoms with Gasteiger partial charge in [-0.3, -0.25) is 18.6 Å². The molecule has 0 heterocycles. The fraction of sp³-hybridized carbons (Fsp3) is 0.754. The Morgan fingerprint density at radius 1 is 0.480 bits per heavy atom. The minimum atomic E-state index is -4.46. The van der Waals surface area contributed by atoms with E-state index in [0.717, 1.165) is 116 Å². The molecule has 10 heteroatoms. The first kappa shape index (κ1) is 72.2. The van der Waals surface area contributed by atoms with Gasteiger partial charge in [0.2, 0.25) is 5.91 Å². The first-order valence-corrected chi connectivity index (χ1v) is 32.4. The number of likely N-dealkylation sites (N-methyl/N-ethyl adjacent to an activating group) is 1. The summed E-state index contributed by atoms with van der Waals surface area (Å²) in [6.07, 6.45) is 71.5. The number of allylic oxidation sites excluding steroid dienone is 13. The Morgan fingerprint density at radius 3 is 1.31 bits per heavy atom. The van der Waals surface area contributed by atoms with Crippen molar-refractivity contribution in [3.63, 3.8) is 0 Å². The molecule has 2 N–H and O–H groups in total. The number of hydrogen-bond donors (Lipinski definition) is 2. The third-order valence-corrected chi connectivity index (χ3v) is 14.3. The van der Waals surface area contributed by atoms with Gasteiger partial charge in [0.15, 0.2) is 0 Å². The quantitative estimate of drug-likeness (QED) is 0.0205. The second-order valence-electron chi connectivity index (χ2n) is 21.8. The highest BCUT2D eigenvalue weighted by atomic mass is 31.2. The zero-order chi connectivity index (χ0) is 55.0. The summed E-state index contributed by atoms with van der Waals surface area (Å²) >= 11 is 0. The number of nitrogens with zero attached hydrogens (tertiary/aromatic N) is 1. The van der Waals surface area contributed by atoms with Gasteiger partial charge in [-0.2, -0.15) is 0 Å². The molecule has 3 unspecified atom stereocenters. The van der Waals surface area contributed by atoms with Crippen LogP contribution < -0.4 is 5.32 Å². The Morgan fingerprint density at radius 2 is 0.853 bits per heavy atom. The molecule has 0 aliphatic carbocycles. The third-order valence-electron chi connectivity index (χ3n) is 13.3. The van der Waals surface area contributed by atoms with E-state index in [-0.39, 0.29) is 31.5 Å². The average Bonchev–Trinajstić information content (AvgIpc) is 3.37. The fourth-order valence-electron chi connectivity index (χ4n) is 8.55. The summed E-state index contributed by atoms with van der Waals surface area (Å²) in [5.74, 6) is -0.537. The van der Waals surface area contributed by atoms with Crippen molar-refractivity contribution in [2.75, 3.05) is 40.9 Å². The summed E-state index contributed by atoms with van der Waals surface area (Å²) in [5, 5.41) is 3.04. The van der Waals surface area contributed by atoms with Crippen LogP contribution in [-0.4, -0.2) is 74.3 Å². The summed E-state index contributed by atoms with van der Waals surface area (Å²) in [6, 6.07) is -0.864. The summed E-state index contributed by atoms with van der Waals surface area (Å²) in [6.45, 7) is 6.87. The molecule has 0 aliphatic heterocycles. The molecule has 0 aromatic carbocycles. The van der Waals surface area contributed by atoms with Gasteiger partial charge >= 0.3 is 13.8 Å². The van der Waals surface area contributed by atoms with Gasteiger partial charge in [-0.25, -0.2) is 4.57 Å². The Labute approximate surface area is 463 Å². The maximum absolute atomic E-state index is 13.5. The van der Waals surface area contributed by atoms with E-state index in [0.29, 0.717) is 17.4 Å². The van der Waals surface area contributed by atoms with Crippen LogP contribution in [0.2, 0.25) is 0 Å². The number of phosphoric ester groups is 1. The number of carbonyl (C=O) groups is 2. The van der Waals surface area contributed by atoms with Gasteiger partial charge in [0.25, 0.3) is 0 Å². The number of phosphoric acid groups is 1. The molecule has 0 rings (SSSR count). The molecule has 0 fully saturated rings. The molecule has 0 saturated heterocycles. The van der Waals surface area contributed by atoms with Crippen molar-refractivity contribution in [1.82, 2.24) is 5.32 Å². The normalized spacial score (nSPS) is 14.3. The first-order valence-electron chi connectivity index (χ1n) is 30.9. The minimum Gasteiger partial charge on any atom is -0.456 e. The van der Waals surface area contributed by atoms with E-state index >= 15 is 0 Å². The number of quaternary nitrogens is 1. The second kappa shape index (κ2) is 54.5. The van der Waals surface area contributed by atoms with Crippen LogP contribution in [0, 0.1) is 0 Å². The van der Waals surface area contributed by atoms with Crippen LogP contribution in [0.25, 0.3) is 0 Å². The van der Waals surface area contributed by atoms with Gasteiger partial charge in [0.05, 0.1) is 33.8 Å². The Kier molecular flexibility index (Phi) is 52.5. The standard InChI is InChI=1S/C65H117N2O7P/c1-7-10-13-16-19-22-25-28-30-31-32-33-34-35-36-37-38-40-43-46-49-52-55-58-65(69)74-63(56-53-50-47-44-41-27-24-21-18-15-12-9-3)62(61-73-75(70,71)72-60-59-67(4,5)6)66-64(68)57-54-51-48-45-42-39-29-26-23-20-17-14-11-8-2/h10,13,19,22,28,30,32-33,35-36,39,42,53,56,62-63H,7-9,11-12,14-18,20-21,23-27,29,31,34,37-38,40-41,43-52,54-55,57-61H2,1-6H3,(H-,66,68,70,71)/p+1/b13-10-,22-19-,30-28-,33-32-,36-35-,42-39-,56-53-. The summed E-state index contributed by atoms with van der Waals surface area (Å²) in [5.41, 5.74) is 0. The minimum absolute atomic E-state index is 0.0326. The van der Waals surface area contributed by atoms with Gasteiger partial charge in [0, 0.05) is 12.8 Å². The molecular weight excluding hydrogens is 952 g/mol. The summed E-state index contributed by atoms with van der Waals surface area (Å²) in [7, 11) is 1.47. The van der Waals surface area contributed by atoms with Crippen molar-refractivity contribution in [2.45, 2.75) is 277 Å². The zero-order valence-electron chi connectivity index (χ0n) is 49.5. The molecule has 9 nitrogen and oxygen atoms in total. The largest absolute Gasteiger partial charge is 0.472 e. The molecule has 0 saturated carbocycles. The number of amides is 1. The van der Waals surface area contributed by atoms with Gasteiger partial charge in [-0.15, -0.1) is 0 Å². The molecule has 0 aliphatic rings. The van der Waals surface area contributed by atoms with Crippen molar-refractivity contribution in [1.29, 1.82) is 0 Å². The molecule has 434 valence electrons. The van der Waals surface area contributed by atoms with E-state index in [4.69, 9.17) is 13.8 Å². The predicted octanol–water partition coefficient (Wildman–Crippen LogP) is 19.0. The summed E-state index contributed by atoms with van der Waals surface area (Å²) in [4.78, 5) is 37.7. The predicted molar refractivity (Wildman–Crippen MR) is 323 cm³/mol. The maximum atomic E-state index is 13.5. The van der Waals surface area contributed by atoms with E-state index in [1.54, 1.807) is 0 Å². The number of hydrogen-bond acceptors (Lipinski definition) is 6. The second-order valence-corrected chi connectivity index (χ2v) is 23.3. The number of unbranched alkanes of at least 4 members (excludes halogenated alkanes) is 27. The van der Waals surface area contributed by atoms with Gasteiger partial charge < -0.3 is 19.4 Å². The number of nitrogens with one attached hydrogen (secondary N) is 1. The highest BCUT2D eigenvalue weighted by molar-refractivity contribution is 7.47. The van der Waals surface area contributed by atoms with Crippen LogP contribution in [0.4, 0.5) is 0 Å². The van der Waals surface area contributed by atoms with Crippen LogP contribution >= 0.6 is 7.82 Å². The SMILES string of the molecule is CC/C=C\C/C=C\C/C=C\C/C=C\C/C=C\CCCCCCCCCC(=O)OC(/C=C\CCCCCCCCCCCC)C(COP(=O)(O)OCC[N+](C)(C)C)NC(=O)CCCCC/C=C\CCCCCCCCC. The number of rotatable bonds is 55. The molecular formula is C65H118N2O7P+. The van der Waals surface area contributed by atoms with E-state index in [2.05, 4.69) is 99.0 Å². The third kappa shape index (κ3) is 55.7. The number of esters is 1. The number of carbonyl (C=O) groups excluding carboxylic acids is 2. The van der Waals surface area contributed by atoms with Crippen LogP contribution in [-0.2, 0) is 27.9 Å². The topological polar surface area (TPSA) is 111 Å². The van der Waals surface area contributed by atoms with E-state index in [9.17, 15) is 19.0 Å². The molecule has 0 spiro atoms. The molecule has 0 bridgehead atoms. The van der Waals surface area contributed by atoms with Gasteiger partial charge in [-0.05, 0) is 102 Å². The smallest absolute Gasteiger partial charge is 0.456 e. The van der Waals surface area contributed by atoms with E-state index in [1.165, 1.54) is 116 Å². The molecule has 0 radical (unpaired) electrons. The monoisotopic (exact) mass is 1070 g/mol. The lowest BCUT2D eigenvalue weighted by molar-refractivity contribution is -0.870. The van der Waals surface area contributed by atoms with Crippen molar-refractivity contribution in [3.8, 4) is 0 Å². The van der Waals surface area contributed by atoms with E-state index in [1.807, 2.05) is 33.3 Å². The van der Waals surface area contributed by atoms with Crippen LogP contribution in [0.1, 0.15) is 265 Å². The van der Waals surface area contributed by atoms with Crippen molar-refractivity contribution in [3.05, 3.63) is 85.1 Å². The van der Waals surface area contributed by atoms with Crippen molar-refractivity contribution < 1.29 is 37.3 Å². The molecule has 0 aromatic heterocycles. The lowest BCUT2D eigenvalue weighted by Crippen LogP contribution is -2.47. The lowest BCUT2D eigenvalue weighted by atomic mass is 10.0. The summed E-state index contributed by atoms with van der Waals surface area (Å²) < 4.78 is 30.7. The van der Waals surface area contributed by atoms with Gasteiger partial charge in [-0.1, -0.05) is 235 Å². The van der Waals surface area contributed by atoms with Gasteiger partial charge in [0.1, 0.15) is 19.3 Å². The van der Waals surface area contributed by atoms with Crippen LogP contribution in [0.5, 0.6) is 0 Å². The van der Waals surface area contributed by atoms with Crippen molar-refractivity contribution >= 4 is 19.7 Å². The Balaban J connectivity index is 5.25. The highest BCUT2D eigenvalue weighted by Gasteiger charge is 2.30. The lowest BCUT2D eigenvalue weighted by Gasteiger charge is -2.27.